The summed E-state index contributed by atoms with van der Waals surface area (Å²) in [7, 11) is 1.88. The quantitative estimate of drug-likeness (QED) is 0.486. The normalized spacial score (nSPS) is 9.50. The van der Waals surface area contributed by atoms with E-state index in [1.807, 2.05) is 20.0 Å². The molecule has 0 bridgehead atoms. The number of aryl methyl sites for hydroxylation is 2. The molecule has 0 saturated heterocycles. The van der Waals surface area contributed by atoms with Gasteiger partial charge in [-0.3, -0.25) is 4.68 Å². The molecule has 1 aromatic rings. The average Bonchev–Trinajstić information content (AvgIpc) is 2.31. The molecule has 0 aromatic carbocycles. The summed E-state index contributed by atoms with van der Waals surface area (Å²) < 4.78 is 1.80. The van der Waals surface area contributed by atoms with Gasteiger partial charge in [0.2, 0.25) is 6.08 Å². The number of nitrogens with zero attached hydrogens (tertiary/aromatic N) is 3. The van der Waals surface area contributed by atoms with Gasteiger partial charge in [-0.1, -0.05) is 0 Å². The summed E-state index contributed by atoms with van der Waals surface area (Å²) in [6.45, 7) is 2.43. The summed E-state index contributed by atoms with van der Waals surface area (Å²) in [5.74, 6) is 0. The summed E-state index contributed by atoms with van der Waals surface area (Å²) in [4.78, 5) is 13.2. The molecule has 0 fully saturated rings. The van der Waals surface area contributed by atoms with Gasteiger partial charge in [0.15, 0.2) is 0 Å². The first-order valence-corrected chi connectivity index (χ1v) is 3.77. The first-order chi connectivity index (χ1) is 5.74. The Morgan fingerprint density at radius 1 is 1.75 bits per heavy atom. The fraction of sp³-hybridized carbons (Fsp3) is 0.500. The van der Waals surface area contributed by atoms with Crippen LogP contribution in [-0.4, -0.2) is 22.4 Å². The molecule has 0 aliphatic heterocycles. The van der Waals surface area contributed by atoms with Crippen molar-refractivity contribution in [1.82, 2.24) is 9.78 Å². The van der Waals surface area contributed by atoms with Crippen LogP contribution in [0.15, 0.2) is 11.1 Å². The fourth-order valence-corrected chi connectivity index (χ4v) is 1.11. The smallest absolute Gasteiger partial charge is 0.234 e. The lowest BCUT2D eigenvalue weighted by Gasteiger charge is -1.95. The van der Waals surface area contributed by atoms with Crippen molar-refractivity contribution in [2.75, 3.05) is 6.54 Å². The molecule has 64 valence electrons. The SMILES string of the molecule is Cc1cc(CCN=C=O)n(C)n1. The molecular weight excluding hydrogens is 154 g/mol. The maximum absolute atomic E-state index is 9.77. The average molecular weight is 165 g/mol. The number of rotatable bonds is 3. The predicted molar refractivity (Wildman–Crippen MR) is 44.6 cm³/mol. The summed E-state index contributed by atoms with van der Waals surface area (Å²) in [5.41, 5.74) is 2.08. The van der Waals surface area contributed by atoms with Crippen molar-refractivity contribution in [3.05, 3.63) is 17.5 Å². The number of aliphatic imine (C=N–C) groups is 1. The number of carbonyl (C=O) groups excluding carboxylic acids is 1. The highest BCUT2D eigenvalue weighted by Gasteiger charge is 1.99. The molecule has 1 rings (SSSR count). The van der Waals surface area contributed by atoms with E-state index in [4.69, 9.17) is 0 Å². The molecule has 0 atom stereocenters. The second-order valence-electron chi connectivity index (χ2n) is 2.62. The van der Waals surface area contributed by atoms with E-state index in [0.717, 1.165) is 17.8 Å². The lowest BCUT2D eigenvalue weighted by Crippen LogP contribution is -1.99. The zero-order valence-corrected chi connectivity index (χ0v) is 7.24. The van der Waals surface area contributed by atoms with Crippen molar-refractivity contribution in [3.8, 4) is 0 Å². The highest BCUT2D eigenvalue weighted by atomic mass is 16.1. The van der Waals surface area contributed by atoms with Crippen molar-refractivity contribution < 1.29 is 4.79 Å². The minimum Gasteiger partial charge on any atom is -0.272 e. The summed E-state index contributed by atoms with van der Waals surface area (Å²) in [6, 6.07) is 1.99. The van der Waals surface area contributed by atoms with Crippen molar-refractivity contribution >= 4 is 6.08 Å². The van der Waals surface area contributed by atoms with E-state index < -0.39 is 0 Å². The van der Waals surface area contributed by atoms with E-state index in [-0.39, 0.29) is 0 Å². The van der Waals surface area contributed by atoms with Gasteiger partial charge in [-0.15, -0.1) is 0 Å². The number of hydrogen-bond donors (Lipinski definition) is 0. The van der Waals surface area contributed by atoms with Crippen LogP contribution >= 0.6 is 0 Å². The Kier molecular flexibility index (Phi) is 2.77. The van der Waals surface area contributed by atoms with Crippen molar-refractivity contribution in [2.45, 2.75) is 13.3 Å². The lowest BCUT2D eigenvalue weighted by atomic mass is 10.3. The Hall–Kier alpha value is -1.41. The Balaban J connectivity index is 2.62. The maximum atomic E-state index is 9.77. The molecule has 1 heterocycles. The van der Waals surface area contributed by atoms with Gasteiger partial charge in [-0.05, 0) is 13.0 Å². The first-order valence-electron chi connectivity index (χ1n) is 3.77. The highest BCUT2D eigenvalue weighted by molar-refractivity contribution is 5.32. The maximum Gasteiger partial charge on any atom is 0.234 e. The van der Waals surface area contributed by atoms with Crippen molar-refractivity contribution in [3.63, 3.8) is 0 Å². The largest absolute Gasteiger partial charge is 0.272 e. The Bertz CT molecular complexity index is 310. The number of isocyanates is 1. The third-order valence-electron chi connectivity index (χ3n) is 1.64. The Morgan fingerprint density at radius 2 is 2.50 bits per heavy atom. The van der Waals surface area contributed by atoms with Gasteiger partial charge in [0, 0.05) is 19.2 Å². The standard InChI is InChI=1S/C8H11N3O/c1-7-5-8(11(2)10-7)3-4-9-6-12/h5H,3-4H2,1-2H3. The molecule has 0 spiro atoms. The van der Waals surface area contributed by atoms with Crippen molar-refractivity contribution in [1.29, 1.82) is 0 Å². The molecule has 0 unspecified atom stereocenters. The molecule has 0 saturated carbocycles. The minimum atomic E-state index is 0.489. The Morgan fingerprint density at radius 3 is 3.00 bits per heavy atom. The molecule has 0 aliphatic rings. The zero-order valence-electron chi connectivity index (χ0n) is 7.24. The van der Waals surface area contributed by atoms with Crippen LogP contribution in [0.4, 0.5) is 0 Å². The second kappa shape index (κ2) is 3.83. The van der Waals surface area contributed by atoms with Crippen LogP contribution in [0.1, 0.15) is 11.4 Å². The monoisotopic (exact) mass is 165 g/mol. The van der Waals surface area contributed by atoms with Crippen molar-refractivity contribution in [2.24, 2.45) is 12.0 Å². The highest BCUT2D eigenvalue weighted by Crippen LogP contribution is 2.02. The van der Waals surface area contributed by atoms with Gasteiger partial charge in [0.05, 0.1) is 12.2 Å². The van der Waals surface area contributed by atoms with Gasteiger partial charge in [-0.25, -0.2) is 9.79 Å². The minimum absolute atomic E-state index is 0.489. The number of hydrogen-bond acceptors (Lipinski definition) is 3. The van der Waals surface area contributed by atoms with E-state index in [0.29, 0.717) is 6.54 Å². The zero-order chi connectivity index (χ0) is 8.97. The van der Waals surface area contributed by atoms with E-state index in [1.165, 1.54) is 6.08 Å². The predicted octanol–water partition coefficient (Wildman–Crippen LogP) is 0.607. The topological polar surface area (TPSA) is 47.2 Å². The van der Waals surface area contributed by atoms with E-state index in [2.05, 4.69) is 10.1 Å². The van der Waals surface area contributed by atoms with Crippen LogP contribution < -0.4 is 0 Å². The fourth-order valence-electron chi connectivity index (χ4n) is 1.11. The molecule has 0 radical (unpaired) electrons. The molecule has 0 N–H and O–H groups in total. The third kappa shape index (κ3) is 2.04. The van der Waals surface area contributed by atoms with Gasteiger partial charge >= 0.3 is 0 Å². The first kappa shape index (κ1) is 8.68. The van der Waals surface area contributed by atoms with Gasteiger partial charge in [-0.2, -0.15) is 5.10 Å². The molecular formula is C8H11N3O. The summed E-state index contributed by atoms with van der Waals surface area (Å²) >= 11 is 0. The molecule has 4 nitrogen and oxygen atoms in total. The molecule has 12 heavy (non-hydrogen) atoms. The molecule has 0 aliphatic carbocycles. The second-order valence-corrected chi connectivity index (χ2v) is 2.62. The third-order valence-corrected chi connectivity index (χ3v) is 1.64. The molecule has 1 aromatic heterocycles. The van der Waals surface area contributed by atoms with Crippen LogP contribution in [0.5, 0.6) is 0 Å². The summed E-state index contributed by atoms with van der Waals surface area (Å²) in [5, 5.41) is 4.17. The van der Waals surface area contributed by atoms with Gasteiger partial charge in [0.25, 0.3) is 0 Å². The lowest BCUT2D eigenvalue weighted by molar-refractivity contribution is 0.562. The van der Waals surface area contributed by atoms with Gasteiger partial charge in [0.1, 0.15) is 0 Å². The van der Waals surface area contributed by atoms with E-state index in [1.54, 1.807) is 4.68 Å². The van der Waals surface area contributed by atoms with Crippen LogP contribution in [-0.2, 0) is 18.3 Å². The molecule has 4 heteroatoms. The van der Waals surface area contributed by atoms with Crippen LogP contribution in [0.3, 0.4) is 0 Å². The van der Waals surface area contributed by atoms with Crippen LogP contribution in [0.25, 0.3) is 0 Å². The number of aromatic nitrogens is 2. The molecule has 0 amide bonds. The van der Waals surface area contributed by atoms with E-state index >= 15 is 0 Å². The van der Waals surface area contributed by atoms with Gasteiger partial charge < -0.3 is 0 Å². The van der Waals surface area contributed by atoms with E-state index in [9.17, 15) is 4.79 Å². The Labute approximate surface area is 70.9 Å². The summed E-state index contributed by atoms with van der Waals surface area (Å²) in [6.07, 6.45) is 2.25. The van der Waals surface area contributed by atoms with Crippen LogP contribution in [0, 0.1) is 6.92 Å². The van der Waals surface area contributed by atoms with Crippen LogP contribution in [0.2, 0.25) is 0 Å².